The lowest BCUT2D eigenvalue weighted by Gasteiger charge is -2.18. The molecule has 6 heteroatoms. The summed E-state index contributed by atoms with van der Waals surface area (Å²) in [4.78, 5) is 38.1. The zero-order chi connectivity index (χ0) is 48.6. The van der Waals surface area contributed by atoms with Crippen LogP contribution in [0.25, 0.3) is 0 Å². The second-order valence-corrected chi connectivity index (χ2v) is 19.6. The summed E-state index contributed by atoms with van der Waals surface area (Å²) in [6.07, 6.45) is 68.3. The van der Waals surface area contributed by atoms with Crippen LogP contribution in [0.1, 0.15) is 303 Å². The number of rotatable bonds is 53. The van der Waals surface area contributed by atoms with Gasteiger partial charge in [0.2, 0.25) is 0 Å². The van der Waals surface area contributed by atoms with Gasteiger partial charge < -0.3 is 14.2 Å². The van der Waals surface area contributed by atoms with Gasteiger partial charge in [0.25, 0.3) is 0 Å². The molecule has 1 atom stereocenters. The quantitative estimate of drug-likeness (QED) is 0.0262. The van der Waals surface area contributed by atoms with Gasteiger partial charge in [0.1, 0.15) is 13.2 Å². The van der Waals surface area contributed by atoms with E-state index in [2.05, 4.69) is 69.4 Å². The molecule has 0 N–H and O–H groups in total. The summed E-state index contributed by atoms with van der Waals surface area (Å²) in [7, 11) is 0. The maximum Gasteiger partial charge on any atom is 0.306 e. The zero-order valence-electron chi connectivity index (χ0n) is 44.7. The van der Waals surface area contributed by atoms with Gasteiger partial charge in [-0.05, 0) is 57.8 Å². The number of hydrogen-bond acceptors (Lipinski definition) is 6. The molecule has 67 heavy (non-hydrogen) atoms. The molecule has 0 saturated heterocycles. The van der Waals surface area contributed by atoms with Crippen LogP contribution in [0.3, 0.4) is 0 Å². The molecule has 0 bridgehead atoms. The van der Waals surface area contributed by atoms with Gasteiger partial charge in [-0.15, -0.1) is 0 Å². The van der Waals surface area contributed by atoms with E-state index in [1.807, 2.05) is 0 Å². The van der Waals surface area contributed by atoms with Crippen molar-refractivity contribution in [3.63, 3.8) is 0 Å². The van der Waals surface area contributed by atoms with Crippen molar-refractivity contribution in [2.75, 3.05) is 13.2 Å². The Bertz CT molecular complexity index is 1170. The summed E-state index contributed by atoms with van der Waals surface area (Å²) < 4.78 is 16.8. The molecule has 0 aliphatic rings. The van der Waals surface area contributed by atoms with E-state index in [9.17, 15) is 14.4 Å². The van der Waals surface area contributed by atoms with Crippen LogP contribution in [0, 0.1) is 0 Å². The van der Waals surface area contributed by atoms with Crippen LogP contribution >= 0.6 is 0 Å². The minimum absolute atomic E-state index is 0.0905. The van der Waals surface area contributed by atoms with Crippen LogP contribution in [0.2, 0.25) is 0 Å². The molecule has 0 amide bonds. The van der Waals surface area contributed by atoms with Crippen molar-refractivity contribution in [3.8, 4) is 0 Å². The Morgan fingerprint density at radius 1 is 0.299 bits per heavy atom. The second-order valence-electron chi connectivity index (χ2n) is 19.6. The standard InChI is InChI=1S/C61H110O6/c1-4-7-10-13-16-19-22-24-26-28-29-30-31-33-34-36-39-42-45-48-51-54-60(63)66-57-58(56-65-59(62)53-50-47-44-41-38-21-18-15-12-9-6-3)67-61(64)55-52-49-46-43-40-37-35-32-27-25-23-20-17-14-11-8-5-2/h17,20,25,27,35,37,43,46,58H,4-16,18-19,21-24,26,28-34,36,38-42,44-45,47-57H2,1-3H3/b20-17-,27-25-,37-35-,46-43-/t58-/m0/s1. The van der Waals surface area contributed by atoms with Crippen molar-refractivity contribution in [2.24, 2.45) is 0 Å². The highest BCUT2D eigenvalue weighted by atomic mass is 16.6. The second kappa shape index (κ2) is 56.0. The van der Waals surface area contributed by atoms with Crippen molar-refractivity contribution in [1.82, 2.24) is 0 Å². The van der Waals surface area contributed by atoms with Crippen molar-refractivity contribution < 1.29 is 28.6 Å². The van der Waals surface area contributed by atoms with Crippen LogP contribution in [0.15, 0.2) is 48.6 Å². The molecule has 0 heterocycles. The minimum atomic E-state index is -0.797. The van der Waals surface area contributed by atoms with Gasteiger partial charge in [-0.25, -0.2) is 0 Å². The van der Waals surface area contributed by atoms with E-state index < -0.39 is 6.10 Å². The van der Waals surface area contributed by atoms with E-state index in [-0.39, 0.29) is 37.5 Å². The molecule has 0 aromatic carbocycles. The van der Waals surface area contributed by atoms with Crippen molar-refractivity contribution in [3.05, 3.63) is 48.6 Å². The fourth-order valence-electron chi connectivity index (χ4n) is 8.44. The number of ether oxygens (including phenoxy) is 3. The molecule has 0 rings (SSSR count). The molecular weight excluding hydrogens is 829 g/mol. The van der Waals surface area contributed by atoms with Crippen LogP contribution in [-0.2, 0) is 28.6 Å². The number of carbonyl (C=O) groups is 3. The van der Waals surface area contributed by atoms with Crippen LogP contribution in [-0.4, -0.2) is 37.2 Å². The molecule has 390 valence electrons. The predicted molar refractivity (Wildman–Crippen MR) is 289 cm³/mol. The third kappa shape index (κ3) is 54.2. The lowest BCUT2D eigenvalue weighted by Crippen LogP contribution is -2.30. The number of carbonyl (C=O) groups excluding carboxylic acids is 3. The van der Waals surface area contributed by atoms with Crippen LogP contribution in [0.4, 0.5) is 0 Å². The SMILES string of the molecule is CCCCC/C=C\C/C=C\C/C=C\C/C=C\CCCC(=O)O[C@@H](COC(=O)CCCCCCCCCCCCC)COC(=O)CCCCCCCCCCCCCCCCCCCCCCC. The van der Waals surface area contributed by atoms with Crippen LogP contribution < -0.4 is 0 Å². The highest BCUT2D eigenvalue weighted by molar-refractivity contribution is 5.71. The maximum absolute atomic E-state index is 12.8. The third-order valence-electron chi connectivity index (χ3n) is 12.8. The van der Waals surface area contributed by atoms with E-state index >= 15 is 0 Å². The lowest BCUT2D eigenvalue weighted by molar-refractivity contribution is -0.167. The molecule has 0 spiro atoms. The molecule has 0 aromatic rings. The Morgan fingerprint density at radius 3 is 0.881 bits per heavy atom. The van der Waals surface area contributed by atoms with Gasteiger partial charge in [-0.1, -0.05) is 275 Å². The molecule has 6 nitrogen and oxygen atoms in total. The van der Waals surface area contributed by atoms with Crippen molar-refractivity contribution >= 4 is 17.9 Å². The fraction of sp³-hybridized carbons (Fsp3) is 0.820. The topological polar surface area (TPSA) is 78.9 Å². The van der Waals surface area contributed by atoms with Gasteiger partial charge in [0.15, 0.2) is 6.10 Å². The average Bonchev–Trinajstić information content (AvgIpc) is 3.33. The monoisotopic (exact) mass is 939 g/mol. The van der Waals surface area contributed by atoms with E-state index in [4.69, 9.17) is 14.2 Å². The molecule has 0 aliphatic carbocycles. The first-order valence-corrected chi connectivity index (χ1v) is 29.1. The summed E-state index contributed by atoms with van der Waals surface area (Å²) in [5, 5.41) is 0. The predicted octanol–water partition coefficient (Wildman–Crippen LogP) is 19.4. The Kier molecular flexibility index (Phi) is 53.8. The first kappa shape index (κ1) is 64.4. The van der Waals surface area contributed by atoms with Gasteiger partial charge in [-0.3, -0.25) is 14.4 Å². The Morgan fingerprint density at radius 2 is 0.552 bits per heavy atom. The van der Waals surface area contributed by atoms with Gasteiger partial charge >= 0.3 is 17.9 Å². The molecule has 0 radical (unpaired) electrons. The summed E-state index contributed by atoms with van der Waals surface area (Å²) in [6, 6.07) is 0. The lowest BCUT2D eigenvalue weighted by atomic mass is 10.0. The number of esters is 3. The van der Waals surface area contributed by atoms with Gasteiger partial charge in [-0.2, -0.15) is 0 Å². The Hall–Kier alpha value is -2.63. The Labute approximate surface area is 416 Å². The molecule has 0 fully saturated rings. The highest BCUT2D eigenvalue weighted by Gasteiger charge is 2.19. The van der Waals surface area contributed by atoms with Crippen LogP contribution in [0.5, 0.6) is 0 Å². The largest absolute Gasteiger partial charge is 0.462 e. The van der Waals surface area contributed by atoms with E-state index in [1.165, 1.54) is 193 Å². The molecule has 0 aromatic heterocycles. The number of unbranched alkanes of at least 4 members (excludes halogenated alkanes) is 34. The van der Waals surface area contributed by atoms with Gasteiger partial charge in [0, 0.05) is 19.3 Å². The summed E-state index contributed by atoms with van der Waals surface area (Å²) in [5.41, 5.74) is 0. The fourth-order valence-corrected chi connectivity index (χ4v) is 8.44. The van der Waals surface area contributed by atoms with E-state index in [1.54, 1.807) is 0 Å². The average molecular weight is 940 g/mol. The van der Waals surface area contributed by atoms with Crippen molar-refractivity contribution in [1.29, 1.82) is 0 Å². The number of allylic oxidation sites excluding steroid dienone is 8. The molecule has 0 aliphatic heterocycles. The minimum Gasteiger partial charge on any atom is -0.462 e. The molecule has 0 saturated carbocycles. The number of hydrogen-bond donors (Lipinski definition) is 0. The van der Waals surface area contributed by atoms with Crippen molar-refractivity contribution in [2.45, 2.75) is 309 Å². The van der Waals surface area contributed by atoms with E-state index in [0.717, 1.165) is 64.2 Å². The maximum atomic E-state index is 12.8. The summed E-state index contributed by atoms with van der Waals surface area (Å²) in [6.45, 7) is 6.60. The van der Waals surface area contributed by atoms with E-state index in [0.29, 0.717) is 19.3 Å². The zero-order valence-corrected chi connectivity index (χ0v) is 44.7. The van der Waals surface area contributed by atoms with Gasteiger partial charge in [0.05, 0.1) is 0 Å². The first-order valence-electron chi connectivity index (χ1n) is 29.1. The summed E-state index contributed by atoms with van der Waals surface area (Å²) in [5.74, 6) is -0.933. The highest BCUT2D eigenvalue weighted by Crippen LogP contribution is 2.17. The molecular formula is C61H110O6. The molecule has 0 unspecified atom stereocenters. The Balaban J connectivity index is 4.34. The third-order valence-corrected chi connectivity index (χ3v) is 12.8. The smallest absolute Gasteiger partial charge is 0.306 e. The first-order chi connectivity index (χ1) is 33.0. The normalized spacial score (nSPS) is 12.3. The summed E-state index contributed by atoms with van der Waals surface area (Å²) >= 11 is 0.